The van der Waals surface area contributed by atoms with Gasteiger partial charge < -0.3 is 19.1 Å². The normalized spacial score (nSPS) is 10.3. The van der Waals surface area contributed by atoms with Gasteiger partial charge in [0.15, 0.2) is 11.5 Å². The summed E-state index contributed by atoms with van der Waals surface area (Å²) in [5, 5.41) is 0. The molecule has 0 saturated heterocycles. The van der Waals surface area contributed by atoms with Crippen molar-refractivity contribution in [3.8, 4) is 17.2 Å². The Balaban J connectivity index is 1.69. The second kappa shape index (κ2) is 9.80. The lowest BCUT2D eigenvalue weighted by molar-refractivity contribution is 0.0734. The molecule has 0 radical (unpaired) electrons. The van der Waals surface area contributed by atoms with Crippen molar-refractivity contribution in [2.45, 2.75) is 13.8 Å². The first-order valence-electron chi connectivity index (χ1n) is 9.90. The molecule has 0 unspecified atom stereocenters. The van der Waals surface area contributed by atoms with E-state index in [9.17, 15) is 9.59 Å². The fourth-order valence-electron chi connectivity index (χ4n) is 2.98. The predicted molar refractivity (Wildman–Crippen MR) is 119 cm³/mol. The molecular weight excluding hydrogens is 394 g/mol. The van der Waals surface area contributed by atoms with Crippen LogP contribution in [0, 0.1) is 6.92 Å². The maximum Gasteiger partial charge on any atom is 0.343 e. The second-order valence-electron chi connectivity index (χ2n) is 6.91. The SMILES string of the molecule is CCOc1ccc(C(=O)Oc2ccc(N(C)C(=O)c3ccc(C)cc3)cc2)cc1OC. The average Bonchev–Trinajstić information content (AvgIpc) is 2.79. The molecule has 0 N–H and O–H groups in total. The molecule has 0 aliphatic rings. The summed E-state index contributed by atoms with van der Waals surface area (Å²) in [5.41, 5.74) is 2.73. The van der Waals surface area contributed by atoms with E-state index in [0.717, 1.165) is 5.56 Å². The summed E-state index contributed by atoms with van der Waals surface area (Å²) in [6.07, 6.45) is 0. The number of rotatable bonds is 7. The molecule has 0 fully saturated rings. The van der Waals surface area contributed by atoms with Gasteiger partial charge in [-0.1, -0.05) is 17.7 Å². The zero-order valence-electron chi connectivity index (χ0n) is 18.0. The Kier molecular flexibility index (Phi) is 6.92. The molecule has 0 aromatic heterocycles. The van der Waals surface area contributed by atoms with E-state index in [1.54, 1.807) is 66.5 Å². The Labute approximate surface area is 182 Å². The number of carbonyl (C=O) groups is 2. The van der Waals surface area contributed by atoms with Crippen LogP contribution in [0.3, 0.4) is 0 Å². The quantitative estimate of drug-likeness (QED) is 0.403. The van der Waals surface area contributed by atoms with E-state index in [1.807, 2.05) is 26.0 Å². The minimum Gasteiger partial charge on any atom is -0.493 e. The van der Waals surface area contributed by atoms with Gasteiger partial charge in [-0.15, -0.1) is 0 Å². The number of hydrogen-bond donors (Lipinski definition) is 0. The van der Waals surface area contributed by atoms with E-state index in [1.165, 1.54) is 7.11 Å². The van der Waals surface area contributed by atoms with Crippen LogP contribution in [0.25, 0.3) is 0 Å². The molecule has 1 amide bonds. The van der Waals surface area contributed by atoms with Crippen LogP contribution in [-0.2, 0) is 0 Å². The van der Waals surface area contributed by atoms with Gasteiger partial charge in [-0.25, -0.2) is 4.79 Å². The van der Waals surface area contributed by atoms with Crippen LogP contribution < -0.4 is 19.1 Å². The average molecular weight is 419 g/mol. The molecule has 0 bridgehead atoms. The maximum absolute atomic E-state index is 12.7. The fraction of sp³-hybridized carbons (Fsp3) is 0.200. The van der Waals surface area contributed by atoms with Crippen LogP contribution >= 0.6 is 0 Å². The summed E-state index contributed by atoms with van der Waals surface area (Å²) in [6.45, 7) is 4.34. The first-order valence-corrected chi connectivity index (χ1v) is 9.90. The van der Waals surface area contributed by atoms with Crippen LogP contribution in [0.15, 0.2) is 66.7 Å². The van der Waals surface area contributed by atoms with Gasteiger partial charge in [-0.05, 0) is 68.4 Å². The highest BCUT2D eigenvalue weighted by molar-refractivity contribution is 6.05. The molecule has 3 aromatic rings. The third kappa shape index (κ3) is 5.22. The molecule has 31 heavy (non-hydrogen) atoms. The van der Waals surface area contributed by atoms with E-state index in [0.29, 0.717) is 40.7 Å². The van der Waals surface area contributed by atoms with Gasteiger partial charge in [-0.2, -0.15) is 0 Å². The molecular formula is C25H25NO5. The molecule has 0 aliphatic heterocycles. The first kappa shape index (κ1) is 21.9. The largest absolute Gasteiger partial charge is 0.493 e. The molecule has 0 aliphatic carbocycles. The van der Waals surface area contributed by atoms with Crippen LogP contribution in [0.5, 0.6) is 17.2 Å². The highest BCUT2D eigenvalue weighted by atomic mass is 16.5. The molecule has 6 nitrogen and oxygen atoms in total. The van der Waals surface area contributed by atoms with E-state index in [4.69, 9.17) is 14.2 Å². The monoisotopic (exact) mass is 419 g/mol. The number of ether oxygens (including phenoxy) is 3. The number of aryl methyl sites for hydroxylation is 1. The van der Waals surface area contributed by atoms with Crippen molar-refractivity contribution < 1.29 is 23.8 Å². The summed E-state index contributed by atoms with van der Waals surface area (Å²) in [6, 6.07) is 19.0. The minimum atomic E-state index is -0.516. The molecule has 0 spiro atoms. The van der Waals surface area contributed by atoms with Crippen molar-refractivity contribution in [2.24, 2.45) is 0 Å². The fourth-order valence-corrected chi connectivity index (χ4v) is 2.98. The Bertz CT molecular complexity index is 1060. The van der Waals surface area contributed by atoms with Gasteiger partial charge in [-0.3, -0.25) is 4.79 Å². The van der Waals surface area contributed by atoms with Gasteiger partial charge >= 0.3 is 5.97 Å². The first-order chi connectivity index (χ1) is 14.9. The van der Waals surface area contributed by atoms with Gasteiger partial charge in [0.05, 0.1) is 19.3 Å². The van der Waals surface area contributed by atoms with Crippen molar-refractivity contribution >= 4 is 17.6 Å². The summed E-state index contributed by atoms with van der Waals surface area (Å²) in [5.74, 6) is 0.761. The highest BCUT2D eigenvalue weighted by Gasteiger charge is 2.15. The number of hydrogen-bond acceptors (Lipinski definition) is 5. The van der Waals surface area contributed by atoms with Gasteiger partial charge in [0.2, 0.25) is 0 Å². The standard InChI is InChI=1S/C25H25NO5/c1-5-30-22-15-10-19(16-23(22)29-4)25(28)31-21-13-11-20(12-14-21)26(3)24(27)18-8-6-17(2)7-9-18/h6-16H,5H2,1-4H3. The lowest BCUT2D eigenvalue weighted by atomic mass is 10.1. The third-order valence-corrected chi connectivity index (χ3v) is 4.74. The third-order valence-electron chi connectivity index (χ3n) is 4.74. The van der Waals surface area contributed by atoms with Crippen LogP contribution in [0.2, 0.25) is 0 Å². The second-order valence-corrected chi connectivity index (χ2v) is 6.91. The molecule has 3 aromatic carbocycles. The Morgan fingerprint density at radius 1 is 0.871 bits per heavy atom. The van der Waals surface area contributed by atoms with Crippen molar-refractivity contribution in [1.82, 2.24) is 0 Å². The number of amides is 1. The lowest BCUT2D eigenvalue weighted by Crippen LogP contribution is -2.26. The van der Waals surface area contributed by atoms with Crippen molar-refractivity contribution in [3.05, 3.63) is 83.4 Å². The smallest absolute Gasteiger partial charge is 0.343 e. The minimum absolute atomic E-state index is 0.119. The number of methoxy groups -OCH3 is 1. The zero-order chi connectivity index (χ0) is 22.4. The summed E-state index contributed by atoms with van der Waals surface area (Å²) in [4.78, 5) is 26.7. The van der Waals surface area contributed by atoms with Crippen LogP contribution in [0.4, 0.5) is 5.69 Å². The number of anilines is 1. The van der Waals surface area contributed by atoms with Crippen molar-refractivity contribution in [3.63, 3.8) is 0 Å². The van der Waals surface area contributed by atoms with Crippen molar-refractivity contribution in [2.75, 3.05) is 25.7 Å². The van der Waals surface area contributed by atoms with Crippen LogP contribution in [-0.4, -0.2) is 32.6 Å². The Hall–Kier alpha value is -3.80. The molecule has 0 atom stereocenters. The number of benzene rings is 3. The zero-order valence-corrected chi connectivity index (χ0v) is 18.0. The van der Waals surface area contributed by atoms with Gasteiger partial charge in [0.25, 0.3) is 5.91 Å². The summed E-state index contributed by atoms with van der Waals surface area (Å²) < 4.78 is 16.2. The molecule has 3 rings (SSSR count). The topological polar surface area (TPSA) is 65.1 Å². The maximum atomic E-state index is 12.7. The Morgan fingerprint density at radius 3 is 2.13 bits per heavy atom. The van der Waals surface area contributed by atoms with Gasteiger partial charge in [0.1, 0.15) is 5.75 Å². The van der Waals surface area contributed by atoms with E-state index in [-0.39, 0.29) is 5.91 Å². The molecule has 0 heterocycles. The molecule has 160 valence electrons. The van der Waals surface area contributed by atoms with Gasteiger partial charge in [0, 0.05) is 18.3 Å². The number of nitrogens with zero attached hydrogens (tertiary/aromatic N) is 1. The summed E-state index contributed by atoms with van der Waals surface area (Å²) >= 11 is 0. The molecule has 6 heteroatoms. The Morgan fingerprint density at radius 2 is 1.52 bits per heavy atom. The van der Waals surface area contributed by atoms with E-state index in [2.05, 4.69) is 0 Å². The van der Waals surface area contributed by atoms with E-state index < -0.39 is 5.97 Å². The summed E-state index contributed by atoms with van der Waals surface area (Å²) in [7, 11) is 3.22. The van der Waals surface area contributed by atoms with E-state index >= 15 is 0 Å². The number of carbonyl (C=O) groups excluding carboxylic acids is 2. The highest BCUT2D eigenvalue weighted by Crippen LogP contribution is 2.29. The predicted octanol–water partition coefficient (Wildman–Crippen LogP) is 4.90. The van der Waals surface area contributed by atoms with Crippen molar-refractivity contribution in [1.29, 1.82) is 0 Å². The van der Waals surface area contributed by atoms with Crippen LogP contribution in [0.1, 0.15) is 33.2 Å². The molecule has 0 saturated carbocycles. The number of esters is 1. The lowest BCUT2D eigenvalue weighted by Gasteiger charge is -2.18.